The maximum Gasteiger partial charge on any atom is 0.138 e. The number of rotatable bonds is 7. The van der Waals surface area contributed by atoms with Crippen molar-refractivity contribution in [3.63, 3.8) is 0 Å². The number of phenolic OH excluding ortho intramolecular Hbond substituents is 1. The van der Waals surface area contributed by atoms with E-state index < -0.39 is 0 Å². The highest BCUT2D eigenvalue weighted by atomic mass is 16.3. The van der Waals surface area contributed by atoms with Crippen molar-refractivity contribution in [1.29, 1.82) is 0 Å². The number of nitrogens with zero attached hydrogens (tertiary/aromatic N) is 3. The van der Waals surface area contributed by atoms with Crippen LogP contribution in [-0.4, -0.2) is 15.1 Å². The van der Waals surface area contributed by atoms with Crippen LogP contribution < -0.4 is 4.90 Å². The second-order valence-corrected chi connectivity index (χ2v) is 15.1. The molecule has 0 atom stereocenters. The maximum absolute atomic E-state index is 11.6. The van der Waals surface area contributed by atoms with Crippen molar-refractivity contribution in [3.05, 3.63) is 119 Å². The fourth-order valence-electron chi connectivity index (χ4n) is 5.83. The minimum absolute atomic E-state index is 0.0888. The SMILES string of the molecule is CC(C)c1cc(C(C)C)cc(N(c2cccc(-c3c(O)cc(C(C)(C)C)cc3C(C)(C)C)c2)c2cccc(-c3ccccn3)n2)c1. The molecule has 0 saturated carbocycles. The Morgan fingerprint density at radius 2 is 1.28 bits per heavy atom. The fraction of sp³-hybridized carbons (Fsp3) is 0.333. The zero-order valence-corrected chi connectivity index (χ0v) is 29.2. The average molecular weight is 612 g/mol. The van der Waals surface area contributed by atoms with Gasteiger partial charge in [0.15, 0.2) is 0 Å². The van der Waals surface area contributed by atoms with E-state index in [0.717, 1.165) is 50.8 Å². The Hall–Kier alpha value is -4.44. The van der Waals surface area contributed by atoms with Crippen molar-refractivity contribution < 1.29 is 5.11 Å². The predicted octanol–water partition coefficient (Wildman–Crippen LogP) is 11.8. The molecule has 4 heteroatoms. The smallest absolute Gasteiger partial charge is 0.138 e. The van der Waals surface area contributed by atoms with Crippen LogP contribution >= 0.6 is 0 Å². The van der Waals surface area contributed by atoms with Gasteiger partial charge in [-0.3, -0.25) is 9.88 Å². The molecule has 46 heavy (non-hydrogen) atoms. The zero-order chi connectivity index (χ0) is 33.4. The van der Waals surface area contributed by atoms with Crippen LogP contribution in [0.3, 0.4) is 0 Å². The Labute approximate surface area is 276 Å². The molecule has 0 fully saturated rings. The van der Waals surface area contributed by atoms with Crippen molar-refractivity contribution in [2.75, 3.05) is 4.90 Å². The number of pyridine rings is 2. The van der Waals surface area contributed by atoms with E-state index in [2.05, 4.69) is 134 Å². The van der Waals surface area contributed by atoms with Crippen LogP contribution in [0.4, 0.5) is 17.2 Å². The van der Waals surface area contributed by atoms with Gasteiger partial charge >= 0.3 is 0 Å². The molecule has 0 saturated heterocycles. The molecule has 4 nitrogen and oxygen atoms in total. The number of benzene rings is 3. The number of anilines is 3. The highest BCUT2D eigenvalue weighted by Crippen LogP contribution is 2.45. The fourth-order valence-corrected chi connectivity index (χ4v) is 5.83. The summed E-state index contributed by atoms with van der Waals surface area (Å²) in [7, 11) is 0. The predicted molar refractivity (Wildman–Crippen MR) is 195 cm³/mol. The van der Waals surface area contributed by atoms with Crippen molar-refractivity contribution >= 4 is 17.2 Å². The molecule has 0 bridgehead atoms. The Morgan fingerprint density at radius 1 is 0.630 bits per heavy atom. The lowest BCUT2D eigenvalue weighted by atomic mass is 9.77. The summed E-state index contributed by atoms with van der Waals surface area (Å²) in [6.45, 7) is 22.2. The molecule has 0 unspecified atom stereocenters. The van der Waals surface area contributed by atoms with E-state index in [1.165, 1.54) is 11.1 Å². The third kappa shape index (κ3) is 7.02. The largest absolute Gasteiger partial charge is 0.507 e. The van der Waals surface area contributed by atoms with Crippen LogP contribution in [0.25, 0.3) is 22.5 Å². The molecule has 5 aromatic rings. The molecular weight excluding hydrogens is 562 g/mol. The lowest BCUT2D eigenvalue weighted by Crippen LogP contribution is -2.17. The summed E-state index contributed by atoms with van der Waals surface area (Å²) in [5.41, 5.74) is 10.1. The lowest BCUT2D eigenvalue weighted by molar-refractivity contribution is 0.468. The quantitative estimate of drug-likeness (QED) is 0.199. The number of phenols is 1. The summed E-state index contributed by atoms with van der Waals surface area (Å²) < 4.78 is 0. The van der Waals surface area contributed by atoms with Crippen LogP contribution in [0.1, 0.15) is 103 Å². The van der Waals surface area contributed by atoms with Gasteiger partial charge in [0.05, 0.1) is 11.4 Å². The lowest BCUT2D eigenvalue weighted by Gasteiger charge is -2.30. The van der Waals surface area contributed by atoms with E-state index >= 15 is 0 Å². The molecule has 2 aromatic heterocycles. The first kappa shape index (κ1) is 32.9. The first-order valence-corrected chi connectivity index (χ1v) is 16.5. The van der Waals surface area contributed by atoms with E-state index in [4.69, 9.17) is 4.98 Å². The van der Waals surface area contributed by atoms with Gasteiger partial charge in [-0.1, -0.05) is 106 Å². The minimum Gasteiger partial charge on any atom is -0.507 e. The minimum atomic E-state index is -0.180. The molecule has 0 spiro atoms. The molecule has 238 valence electrons. The zero-order valence-electron chi connectivity index (χ0n) is 29.2. The second-order valence-electron chi connectivity index (χ2n) is 15.1. The van der Waals surface area contributed by atoms with Crippen LogP contribution in [0.5, 0.6) is 5.75 Å². The summed E-state index contributed by atoms with van der Waals surface area (Å²) in [4.78, 5) is 12.0. The van der Waals surface area contributed by atoms with Gasteiger partial charge in [-0.25, -0.2) is 4.98 Å². The van der Waals surface area contributed by atoms with Gasteiger partial charge < -0.3 is 5.11 Å². The molecule has 0 aliphatic rings. The standard InChI is InChI=1S/C42H49N3O/c1-27(2)30-21-31(28(3)4)24-34(23-30)45(39-19-14-18-37(44-39)36-17-11-12-20-43-36)33-16-13-15-29(22-33)40-35(42(8,9)10)25-32(26-38(40)46)41(5,6)7/h11-28,46H,1-10H3. The number of aromatic hydroxyl groups is 1. The number of hydrogen-bond acceptors (Lipinski definition) is 4. The van der Waals surface area contributed by atoms with E-state index in [1.54, 1.807) is 6.20 Å². The van der Waals surface area contributed by atoms with E-state index in [9.17, 15) is 5.11 Å². The van der Waals surface area contributed by atoms with Crippen molar-refractivity contribution in [1.82, 2.24) is 9.97 Å². The third-order valence-electron chi connectivity index (χ3n) is 8.63. The molecule has 3 aromatic carbocycles. The Balaban J connectivity index is 1.77. The summed E-state index contributed by atoms with van der Waals surface area (Å²) in [5.74, 6) is 1.84. The molecule has 0 aliphatic carbocycles. The highest BCUT2D eigenvalue weighted by molar-refractivity contribution is 5.83. The Bertz CT molecular complexity index is 1800. The molecule has 2 heterocycles. The summed E-state index contributed by atoms with van der Waals surface area (Å²) >= 11 is 0. The van der Waals surface area contributed by atoms with Gasteiger partial charge in [0, 0.05) is 23.1 Å². The number of hydrogen-bond donors (Lipinski definition) is 1. The van der Waals surface area contributed by atoms with Crippen LogP contribution in [0, 0.1) is 0 Å². The van der Waals surface area contributed by atoms with Gasteiger partial charge in [-0.2, -0.15) is 0 Å². The molecule has 0 radical (unpaired) electrons. The number of aromatic nitrogens is 2. The van der Waals surface area contributed by atoms with Gasteiger partial charge in [-0.05, 0) is 105 Å². The van der Waals surface area contributed by atoms with Gasteiger partial charge in [0.25, 0.3) is 0 Å². The topological polar surface area (TPSA) is 49.2 Å². The van der Waals surface area contributed by atoms with Crippen LogP contribution in [0.2, 0.25) is 0 Å². The normalized spacial score (nSPS) is 12.2. The highest BCUT2D eigenvalue weighted by Gasteiger charge is 2.27. The Kier molecular flexibility index (Phi) is 9.13. The summed E-state index contributed by atoms with van der Waals surface area (Å²) in [5, 5.41) is 11.6. The van der Waals surface area contributed by atoms with Gasteiger partial charge in [0.2, 0.25) is 0 Å². The Morgan fingerprint density at radius 3 is 1.87 bits per heavy atom. The molecular formula is C42H49N3O. The first-order chi connectivity index (χ1) is 21.6. The van der Waals surface area contributed by atoms with E-state index in [1.807, 2.05) is 36.4 Å². The second kappa shape index (κ2) is 12.7. The van der Waals surface area contributed by atoms with Crippen molar-refractivity contribution in [2.24, 2.45) is 0 Å². The van der Waals surface area contributed by atoms with Crippen molar-refractivity contribution in [3.8, 4) is 28.3 Å². The van der Waals surface area contributed by atoms with E-state index in [0.29, 0.717) is 17.6 Å². The molecule has 0 aliphatic heterocycles. The summed E-state index contributed by atoms with van der Waals surface area (Å²) in [6, 6.07) is 31.6. The average Bonchev–Trinajstić information content (AvgIpc) is 3.00. The molecule has 0 amide bonds. The van der Waals surface area contributed by atoms with Crippen LogP contribution in [0.15, 0.2) is 97.2 Å². The summed E-state index contributed by atoms with van der Waals surface area (Å²) in [6.07, 6.45) is 1.80. The van der Waals surface area contributed by atoms with Crippen molar-refractivity contribution in [2.45, 2.75) is 91.9 Å². The monoisotopic (exact) mass is 611 g/mol. The third-order valence-corrected chi connectivity index (χ3v) is 8.63. The van der Waals surface area contributed by atoms with Crippen LogP contribution in [-0.2, 0) is 10.8 Å². The van der Waals surface area contributed by atoms with E-state index in [-0.39, 0.29) is 10.8 Å². The maximum atomic E-state index is 11.6. The van der Waals surface area contributed by atoms with Gasteiger partial charge in [-0.15, -0.1) is 0 Å². The van der Waals surface area contributed by atoms with Gasteiger partial charge in [0.1, 0.15) is 11.6 Å². The molecule has 1 N–H and O–H groups in total. The first-order valence-electron chi connectivity index (χ1n) is 16.5. The molecule has 5 rings (SSSR count).